The summed E-state index contributed by atoms with van der Waals surface area (Å²) in [6.07, 6.45) is 10.2. The molecule has 5 rings (SSSR count). The van der Waals surface area contributed by atoms with Gasteiger partial charge in [-0.15, -0.1) is 0 Å². The first-order valence-corrected chi connectivity index (χ1v) is 11.3. The van der Waals surface area contributed by atoms with Gasteiger partial charge in [0.05, 0.1) is 18.1 Å². The molecule has 0 spiro atoms. The number of H-pyrrole nitrogens is 1. The summed E-state index contributed by atoms with van der Waals surface area (Å²) in [7, 11) is 0. The van der Waals surface area contributed by atoms with E-state index in [1.807, 2.05) is 30.7 Å². The van der Waals surface area contributed by atoms with Crippen LogP contribution in [0.3, 0.4) is 0 Å². The van der Waals surface area contributed by atoms with Gasteiger partial charge in [0.15, 0.2) is 0 Å². The van der Waals surface area contributed by atoms with Gasteiger partial charge in [0.25, 0.3) is 0 Å². The summed E-state index contributed by atoms with van der Waals surface area (Å²) in [6.45, 7) is 6.99. The Labute approximate surface area is 183 Å². The van der Waals surface area contributed by atoms with Crippen molar-refractivity contribution in [1.82, 2.24) is 24.8 Å². The topological polar surface area (TPSA) is 68.4 Å². The third-order valence-electron chi connectivity index (χ3n) is 6.64. The van der Waals surface area contributed by atoms with E-state index in [0.717, 1.165) is 74.5 Å². The number of carbonyl (C=O) groups is 1. The highest BCUT2D eigenvalue weighted by Gasteiger charge is 2.27. The molecule has 1 amide bonds. The zero-order chi connectivity index (χ0) is 21.0. The molecule has 7 heteroatoms. The summed E-state index contributed by atoms with van der Waals surface area (Å²) >= 11 is 0. The summed E-state index contributed by atoms with van der Waals surface area (Å²) in [4.78, 5) is 31.9. The van der Waals surface area contributed by atoms with Crippen LogP contribution in [0.15, 0.2) is 49.1 Å². The van der Waals surface area contributed by atoms with Crippen molar-refractivity contribution < 1.29 is 4.79 Å². The van der Waals surface area contributed by atoms with E-state index >= 15 is 0 Å². The van der Waals surface area contributed by atoms with E-state index in [-0.39, 0.29) is 5.91 Å². The predicted octanol–water partition coefficient (Wildman–Crippen LogP) is 2.56. The molecule has 1 N–H and O–H groups in total. The van der Waals surface area contributed by atoms with Gasteiger partial charge in [-0.3, -0.25) is 14.7 Å². The first kappa shape index (κ1) is 20.0. The molecule has 1 atom stereocenters. The van der Waals surface area contributed by atoms with E-state index in [1.54, 1.807) is 6.20 Å². The normalized spacial score (nSPS) is 20.3. The molecule has 2 aliphatic rings. The van der Waals surface area contributed by atoms with Crippen LogP contribution in [0.5, 0.6) is 0 Å². The Morgan fingerprint density at radius 2 is 2.00 bits per heavy atom. The first-order valence-electron chi connectivity index (χ1n) is 11.3. The minimum absolute atomic E-state index is 0.238. The van der Waals surface area contributed by atoms with E-state index in [0.29, 0.717) is 12.3 Å². The molecule has 1 unspecified atom stereocenters. The van der Waals surface area contributed by atoms with Gasteiger partial charge in [0.2, 0.25) is 5.91 Å². The van der Waals surface area contributed by atoms with Gasteiger partial charge in [-0.2, -0.15) is 0 Å². The van der Waals surface area contributed by atoms with E-state index in [2.05, 4.69) is 41.8 Å². The lowest BCUT2D eigenvalue weighted by molar-refractivity contribution is -0.132. The van der Waals surface area contributed by atoms with Crippen LogP contribution in [0, 0.1) is 5.92 Å². The average molecular weight is 419 g/mol. The van der Waals surface area contributed by atoms with Gasteiger partial charge in [-0.1, -0.05) is 6.07 Å². The predicted molar refractivity (Wildman–Crippen MR) is 122 cm³/mol. The fourth-order valence-electron chi connectivity index (χ4n) is 4.96. The number of pyridine rings is 2. The Morgan fingerprint density at radius 3 is 2.84 bits per heavy atom. The molecule has 2 aliphatic heterocycles. The molecular weight excluding hydrogens is 388 g/mol. The Morgan fingerprint density at radius 1 is 1.10 bits per heavy atom. The summed E-state index contributed by atoms with van der Waals surface area (Å²) in [6, 6.07) is 8.09. The number of likely N-dealkylation sites (tertiary alicyclic amines) is 1. The van der Waals surface area contributed by atoms with Gasteiger partial charge in [0.1, 0.15) is 5.82 Å². The van der Waals surface area contributed by atoms with Gasteiger partial charge < -0.3 is 14.8 Å². The number of aromatic nitrogens is 3. The molecule has 3 aromatic rings. The largest absolute Gasteiger partial charge is 0.360 e. The number of amides is 1. The lowest BCUT2D eigenvalue weighted by Gasteiger charge is -2.39. The maximum absolute atomic E-state index is 13.0. The maximum atomic E-state index is 13.0. The number of fused-ring (bicyclic) bond motifs is 1. The number of nitrogens with one attached hydrogen (secondary N) is 1. The molecule has 162 valence electrons. The standard InChI is InChI=1S/C24H30N6O/c31-24(14-20-15-27-22-16-25-8-6-21(20)22)30-9-3-4-19(18-30)17-28-10-12-29(13-11-28)23-5-1-2-7-26-23/h1-2,5-8,15-16,19,27H,3-4,9-14,17-18H2. The van der Waals surface area contributed by atoms with Crippen LogP contribution in [0.4, 0.5) is 5.82 Å². The summed E-state index contributed by atoms with van der Waals surface area (Å²) in [5.41, 5.74) is 2.06. The number of carbonyl (C=O) groups excluding carboxylic acids is 1. The van der Waals surface area contributed by atoms with Gasteiger partial charge in [-0.25, -0.2) is 4.98 Å². The fourth-order valence-corrected chi connectivity index (χ4v) is 4.96. The number of aromatic amines is 1. The first-order chi connectivity index (χ1) is 15.3. The van der Waals surface area contributed by atoms with Gasteiger partial charge in [-0.05, 0) is 42.5 Å². The van der Waals surface area contributed by atoms with Crippen LogP contribution >= 0.6 is 0 Å². The SMILES string of the molecule is O=C(Cc1c[nH]c2cnccc12)N1CCCC(CN2CCN(c3ccccn3)CC2)C1. The summed E-state index contributed by atoms with van der Waals surface area (Å²) in [5, 5.41) is 1.10. The highest BCUT2D eigenvalue weighted by molar-refractivity contribution is 5.88. The quantitative estimate of drug-likeness (QED) is 0.690. The monoisotopic (exact) mass is 418 g/mol. The van der Waals surface area contributed by atoms with Crippen molar-refractivity contribution in [3.8, 4) is 0 Å². The highest BCUT2D eigenvalue weighted by Crippen LogP contribution is 2.22. The zero-order valence-corrected chi connectivity index (χ0v) is 17.9. The number of hydrogen-bond donors (Lipinski definition) is 1. The Balaban J connectivity index is 1.13. The minimum atomic E-state index is 0.238. The van der Waals surface area contributed by atoms with Crippen LogP contribution in [-0.2, 0) is 11.2 Å². The second kappa shape index (κ2) is 9.06. The number of hydrogen-bond acceptors (Lipinski definition) is 5. The van der Waals surface area contributed by atoms with E-state index in [1.165, 1.54) is 6.42 Å². The lowest BCUT2D eigenvalue weighted by Crippen LogP contribution is -2.50. The third-order valence-corrected chi connectivity index (χ3v) is 6.64. The Bertz CT molecular complexity index is 1010. The van der Waals surface area contributed by atoms with Crippen molar-refractivity contribution in [3.05, 3.63) is 54.6 Å². The number of piperazine rings is 1. The smallest absolute Gasteiger partial charge is 0.227 e. The lowest BCUT2D eigenvalue weighted by atomic mass is 9.96. The zero-order valence-electron chi connectivity index (χ0n) is 17.9. The number of piperidine rings is 1. The Kier molecular flexibility index (Phi) is 5.84. The van der Waals surface area contributed by atoms with Crippen LogP contribution in [0.25, 0.3) is 10.9 Å². The minimum Gasteiger partial charge on any atom is -0.360 e. The number of rotatable bonds is 5. The van der Waals surface area contributed by atoms with Crippen molar-refractivity contribution in [2.45, 2.75) is 19.3 Å². The van der Waals surface area contributed by atoms with Crippen molar-refractivity contribution >= 4 is 22.6 Å². The molecule has 0 radical (unpaired) electrons. The van der Waals surface area contributed by atoms with Crippen LogP contribution < -0.4 is 4.90 Å². The molecular formula is C24H30N6O. The van der Waals surface area contributed by atoms with Crippen LogP contribution in [0.1, 0.15) is 18.4 Å². The molecule has 2 saturated heterocycles. The molecule has 7 nitrogen and oxygen atoms in total. The van der Waals surface area contributed by atoms with Crippen LogP contribution in [0.2, 0.25) is 0 Å². The number of anilines is 1. The molecule has 0 bridgehead atoms. The summed E-state index contributed by atoms with van der Waals surface area (Å²) in [5.74, 6) is 1.87. The van der Waals surface area contributed by atoms with Crippen molar-refractivity contribution in [2.75, 3.05) is 50.7 Å². The molecule has 0 aromatic carbocycles. The maximum Gasteiger partial charge on any atom is 0.227 e. The van der Waals surface area contributed by atoms with Crippen LogP contribution in [-0.4, -0.2) is 76.5 Å². The molecule has 0 aliphatic carbocycles. The number of nitrogens with zero attached hydrogens (tertiary/aromatic N) is 5. The Hall–Kier alpha value is -2.93. The van der Waals surface area contributed by atoms with Crippen molar-refractivity contribution in [2.24, 2.45) is 5.92 Å². The van der Waals surface area contributed by atoms with E-state index < -0.39 is 0 Å². The second-order valence-corrected chi connectivity index (χ2v) is 8.74. The van der Waals surface area contributed by atoms with E-state index in [9.17, 15) is 4.79 Å². The molecule has 3 aromatic heterocycles. The van der Waals surface area contributed by atoms with Gasteiger partial charge in [0, 0.05) is 69.8 Å². The van der Waals surface area contributed by atoms with Crippen molar-refractivity contribution in [3.63, 3.8) is 0 Å². The van der Waals surface area contributed by atoms with Crippen molar-refractivity contribution in [1.29, 1.82) is 0 Å². The van der Waals surface area contributed by atoms with E-state index in [4.69, 9.17) is 0 Å². The fraction of sp³-hybridized carbons (Fsp3) is 0.458. The molecule has 2 fully saturated rings. The third kappa shape index (κ3) is 4.56. The highest BCUT2D eigenvalue weighted by atomic mass is 16.2. The average Bonchev–Trinajstić information content (AvgIpc) is 3.23. The second-order valence-electron chi connectivity index (χ2n) is 8.74. The molecule has 0 saturated carbocycles. The summed E-state index contributed by atoms with van der Waals surface area (Å²) < 4.78 is 0. The van der Waals surface area contributed by atoms with Gasteiger partial charge >= 0.3 is 0 Å². The molecule has 5 heterocycles. The molecule has 31 heavy (non-hydrogen) atoms.